The Morgan fingerprint density at radius 2 is 2.00 bits per heavy atom. The number of aromatic nitrogens is 1. The highest BCUT2D eigenvalue weighted by molar-refractivity contribution is 7.17. The molecule has 0 aliphatic carbocycles. The SMILES string of the molecule is COC(=O)c1cnc(Nc2cccc3ccccc23)s1. The highest BCUT2D eigenvalue weighted by Crippen LogP contribution is 2.28. The number of hydrogen-bond donors (Lipinski definition) is 1. The molecule has 2 aromatic carbocycles. The van der Waals surface area contributed by atoms with E-state index in [4.69, 9.17) is 0 Å². The van der Waals surface area contributed by atoms with E-state index in [1.165, 1.54) is 24.6 Å². The fourth-order valence-electron chi connectivity index (χ4n) is 1.98. The molecule has 0 unspecified atom stereocenters. The van der Waals surface area contributed by atoms with Crippen molar-refractivity contribution in [3.05, 3.63) is 53.5 Å². The number of anilines is 2. The molecule has 3 aromatic rings. The van der Waals surface area contributed by atoms with Crippen LogP contribution in [0.15, 0.2) is 48.7 Å². The van der Waals surface area contributed by atoms with Crippen molar-refractivity contribution in [3.8, 4) is 0 Å². The molecule has 1 heterocycles. The third-order valence-electron chi connectivity index (χ3n) is 2.92. The zero-order valence-corrected chi connectivity index (χ0v) is 11.6. The second-order valence-electron chi connectivity index (χ2n) is 4.17. The minimum absolute atomic E-state index is 0.367. The quantitative estimate of drug-likeness (QED) is 0.743. The summed E-state index contributed by atoms with van der Waals surface area (Å²) in [6.07, 6.45) is 1.52. The number of nitrogens with one attached hydrogen (secondary N) is 1. The van der Waals surface area contributed by atoms with Gasteiger partial charge in [-0.2, -0.15) is 0 Å². The van der Waals surface area contributed by atoms with E-state index in [2.05, 4.69) is 27.2 Å². The predicted molar refractivity (Wildman–Crippen MR) is 80.7 cm³/mol. The monoisotopic (exact) mass is 284 g/mol. The summed E-state index contributed by atoms with van der Waals surface area (Å²) >= 11 is 1.27. The Kier molecular flexibility index (Phi) is 3.35. The number of methoxy groups -OCH3 is 1. The van der Waals surface area contributed by atoms with Crippen molar-refractivity contribution >= 4 is 38.9 Å². The molecule has 3 rings (SSSR count). The fraction of sp³-hybridized carbons (Fsp3) is 0.0667. The first-order valence-corrected chi connectivity index (χ1v) is 6.88. The van der Waals surface area contributed by atoms with Crippen molar-refractivity contribution in [2.24, 2.45) is 0 Å². The van der Waals surface area contributed by atoms with Crippen LogP contribution in [-0.2, 0) is 4.74 Å². The number of fused-ring (bicyclic) bond motifs is 1. The molecule has 0 aliphatic heterocycles. The smallest absolute Gasteiger partial charge is 0.349 e. The molecule has 0 radical (unpaired) electrons. The van der Waals surface area contributed by atoms with Gasteiger partial charge < -0.3 is 10.1 Å². The standard InChI is InChI=1S/C15H12N2O2S/c1-19-14(18)13-9-16-15(20-13)17-12-8-4-6-10-5-2-3-7-11(10)12/h2-9H,1H3,(H,16,17). The Balaban J connectivity index is 1.93. The number of benzene rings is 2. The van der Waals surface area contributed by atoms with Gasteiger partial charge in [0, 0.05) is 11.1 Å². The normalized spacial score (nSPS) is 10.4. The summed E-state index contributed by atoms with van der Waals surface area (Å²) in [5.41, 5.74) is 0.967. The van der Waals surface area contributed by atoms with Gasteiger partial charge in [0.1, 0.15) is 4.88 Å². The summed E-state index contributed by atoms with van der Waals surface area (Å²) < 4.78 is 4.67. The van der Waals surface area contributed by atoms with Crippen LogP contribution in [-0.4, -0.2) is 18.1 Å². The third-order valence-corrected chi connectivity index (χ3v) is 3.82. The summed E-state index contributed by atoms with van der Waals surface area (Å²) in [5, 5.41) is 6.18. The molecule has 0 saturated carbocycles. The molecular weight excluding hydrogens is 272 g/mol. The van der Waals surface area contributed by atoms with Gasteiger partial charge >= 0.3 is 5.97 Å². The average Bonchev–Trinajstić information content (AvgIpc) is 2.95. The Morgan fingerprint density at radius 1 is 1.20 bits per heavy atom. The first kappa shape index (κ1) is 12.6. The van der Waals surface area contributed by atoms with Gasteiger partial charge in [0.2, 0.25) is 0 Å². The molecule has 0 spiro atoms. The molecule has 1 aromatic heterocycles. The van der Waals surface area contributed by atoms with Crippen molar-refractivity contribution in [3.63, 3.8) is 0 Å². The van der Waals surface area contributed by atoms with E-state index in [1.54, 1.807) is 0 Å². The predicted octanol–water partition coefficient (Wildman–Crippen LogP) is 3.83. The molecule has 0 atom stereocenters. The van der Waals surface area contributed by atoms with Crippen LogP contribution in [0.2, 0.25) is 0 Å². The number of carbonyl (C=O) groups excluding carboxylic acids is 1. The molecule has 20 heavy (non-hydrogen) atoms. The first-order chi connectivity index (χ1) is 9.78. The Morgan fingerprint density at radius 3 is 2.85 bits per heavy atom. The lowest BCUT2D eigenvalue weighted by Crippen LogP contribution is -1.96. The van der Waals surface area contributed by atoms with Gasteiger partial charge in [0.25, 0.3) is 0 Å². The van der Waals surface area contributed by atoms with E-state index in [0.29, 0.717) is 10.0 Å². The molecule has 1 N–H and O–H groups in total. The zero-order valence-electron chi connectivity index (χ0n) is 10.8. The number of thiazole rings is 1. The zero-order chi connectivity index (χ0) is 13.9. The Labute approximate surface area is 120 Å². The molecule has 0 aliphatic rings. The maximum absolute atomic E-state index is 11.4. The maximum Gasteiger partial charge on any atom is 0.349 e. The van der Waals surface area contributed by atoms with Crippen molar-refractivity contribution < 1.29 is 9.53 Å². The number of ether oxygens (including phenoxy) is 1. The van der Waals surface area contributed by atoms with Crippen LogP contribution in [0.25, 0.3) is 10.8 Å². The van der Waals surface area contributed by atoms with Gasteiger partial charge in [-0.1, -0.05) is 47.7 Å². The number of nitrogens with zero attached hydrogens (tertiary/aromatic N) is 1. The maximum atomic E-state index is 11.4. The van der Waals surface area contributed by atoms with E-state index in [9.17, 15) is 4.79 Å². The van der Waals surface area contributed by atoms with E-state index < -0.39 is 0 Å². The summed E-state index contributed by atoms with van der Waals surface area (Å²) in [6, 6.07) is 14.1. The lowest BCUT2D eigenvalue weighted by Gasteiger charge is -2.06. The van der Waals surface area contributed by atoms with Gasteiger partial charge in [0.05, 0.1) is 13.3 Å². The van der Waals surface area contributed by atoms with Gasteiger partial charge in [-0.15, -0.1) is 0 Å². The van der Waals surface area contributed by atoms with Crippen molar-refractivity contribution in [1.29, 1.82) is 0 Å². The van der Waals surface area contributed by atoms with Crippen LogP contribution in [0.4, 0.5) is 10.8 Å². The fourth-order valence-corrected chi connectivity index (χ4v) is 2.72. The van der Waals surface area contributed by atoms with Gasteiger partial charge in [0.15, 0.2) is 5.13 Å². The minimum Gasteiger partial charge on any atom is -0.465 e. The van der Waals surface area contributed by atoms with Crippen molar-refractivity contribution in [2.45, 2.75) is 0 Å². The summed E-state index contributed by atoms with van der Waals surface area (Å²) in [4.78, 5) is 16.1. The van der Waals surface area contributed by atoms with Crippen LogP contribution in [0, 0.1) is 0 Å². The molecule has 0 amide bonds. The highest BCUT2D eigenvalue weighted by Gasteiger charge is 2.11. The molecule has 5 heteroatoms. The Hall–Kier alpha value is -2.40. The first-order valence-electron chi connectivity index (χ1n) is 6.07. The van der Waals surface area contributed by atoms with Gasteiger partial charge in [-0.05, 0) is 11.5 Å². The van der Waals surface area contributed by atoms with E-state index in [-0.39, 0.29) is 5.97 Å². The van der Waals surface area contributed by atoms with Crippen molar-refractivity contribution in [2.75, 3.05) is 12.4 Å². The molecule has 0 saturated heterocycles. The highest BCUT2D eigenvalue weighted by atomic mass is 32.1. The third kappa shape index (κ3) is 2.35. The molecule has 0 fully saturated rings. The van der Waals surface area contributed by atoms with E-state index in [0.717, 1.165) is 16.5 Å². The van der Waals surface area contributed by atoms with E-state index in [1.807, 2.05) is 30.3 Å². The van der Waals surface area contributed by atoms with Crippen LogP contribution >= 0.6 is 11.3 Å². The molecule has 100 valence electrons. The van der Waals surface area contributed by atoms with Crippen LogP contribution in [0.1, 0.15) is 9.67 Å². The molecular formula is C15H12N2O2S. The number of hydrogen-bond acceptors (Lipinski definition) is 5. The van der Waals surface area contributed by atoms with Gasteiger partial charge in [-0.3, -0.25) is 0 Å². The second kappa shape index (κ2) is 5.30. The summed E-state index contributed by atoms with van der Waals surface area (Å²) in [7, 11) is 1.36. The average molecular weight is 284 g/mol. The minimum atomic E-state index is -0.367. The summed E-state index contributed by atoms with van der Waals surface area (Å²) in [6.45, 7) is 0. The van der Waals surface area contributed by atoms with E-state index >= 15 is 0 Å². The van der Waals surface area contributed by atoms with Crippen LogP contribution < -0.4 is 5.32 Å². The van der Waals surface area contributed by atoms with Crippen molar-refractivity contribution in [1.82, 2.24) is 4.98 Å². The largest absolute Gasteiger partial charge is 0.465 e. The Bertz CT molecular complexity index is 762. The lowest BCUT2D eigenvalue weighted by atomic mass is 10.1. The summed E-state index contributed by atoms with van der Waals surface area (Å²) in [5.74, 6) is -0.367. The molecule has 0 bridgehead atoms. The second-order valence-corrected chi connectivity index (χ2v) is 5.20. The lowest BCUT2D eigenvalue weighted by molar-refractivity contribution is 0.0606. The van der Waals surface area contributed by atoms with Gasteiger partial charge in [-0.25, -0.2) is 9.78 Å². The van der Waals surface area contributed by atoms with Crippen LogP contribution in [0.5, 0.6) is 0 Å². The number of rotatable bonds is 3. The number of esters is 1. The molecule has 4 nitrogen and oxygen atoms in total. The topological polar surface area (TPSA) is 51.2 Å². The van der Waals surface area contributed by atoms with Crippen LogP contribution in [0.3, 0.4) is 0 Å². The number of carbonyl (C=O) groups is 1.